The van der Waals surface area contributed by atoms with E-state index in [-0.39, 0.29) is 11.3 Å². The Morgan fingerprint density at radius 3 is 1.86 bits per heavy atom. The maximum atomic E-state index is 8.93. The maximum Gasteiger partial charge on any atom is 0.152 e. The Kier molecular flexibility index (Phi) is 9.03. The zero-order valence-electron chi connectivity index (χ0n) is 33.2. The van der Waals surface area contributed by atoms with Crippen molar-refractivity contribution >= 4 is 39.2 Å². The van der Waals surface area contributed by atoms with Gasteiger partial charge in [-0.05, 0) is 94.9 Å². The summed E-state index contributed by atoms with van der Waals surface area (Å²) in [6.45, 7) is 4.67. The van der Waals surface area contributed by atoms with E-state index in [1.807, 2.05) is 30.3 Å². The van der Waals surface area contributed by atoms with E-state index in [1.54, 1.807) is 0 Å². The first kappa shape index (κ1) is 36.0. The second-order valence-electron chi connectivity index (χ2n) is 15.9. The predicted octanol–water partition coefficient (Wildman–Crippen LogP) is 14.8. The van der Waals surface area contributed by atoms with Crippen LogP contribution in [0.15, 0.2) is 211 Å². The molecular formula is C57H42N2. The molecule has 0 atom stereocenters. The van der Waals surface area contributed by atoms with E-state index in [9.17, 15) is 0 Å². The Bertz CT molecular complexity index is 3110. The molecule has 1 aliphatic carbocycles. The summed E-state index contributed by atoms with van der Waals surface area (Å²) < 4.78 is 0. The summed E-state index contributed by atoms with van der Waals surface area (Å²) in [6.07, 6.45) is 4.19. The Hall–Kier alpha value is -7.42. The molecule has 0 aromatic heterocycles. The van der Waals surface area contributed by atoms with Gasteiger partial charge in [-0.15, -0.1) is 0 Å². The molecule has 9 aromatic carbocycles. The topological polar surface area (TPSA) is 36.2 Å². The summed E-state index contributed by atoms with van der Waals surface area (Å²) in [5, 5.41) is 13.7. The van der Waals surface area contributed by atoms with E-state index in [1.165, 1.54) is 66.2 Å². The molecule has 1 N–H and O–H groups in total. The molecule has 2 heteroatoms. The number of nitrogens with zero attached hydrogens (tertiary/aromatic N) is 1. The van der Waals surface area contributed by atoms with Gasteiger partial charge in [-0.25, -0.2) is 4.99 Å². The highest BCUT2D eigenvalue weighted by Gasteiger charge is 2.36. The molecule has 2 nitrogen and oxygen atoms in total. The average molecular weight is 755 g/mol. The van der Waals surface area contributed by atoms with Crippen molar-refractivity contribution in [2.45, 2.75) is 19.3 Å². The summed E-state index contributed by atoms with van der Waals surface area (Å²) in [4.78, 5) is 4.91. The van der Waals surface area contributed by atoms with Crippen LogP contribution in [0.2, 0.25) is 0 Å². The van der Waals surface area contributed by atoms with Crippen LogP contribution in [0.25, 0.3) is 72.1 Å². The molecule has 10 rings (SSSR count). The summed E-state index contributed by atoms with van der Waals surface area (Å²) in [5.41, 5.74) is 16.2. The van der Waals surface area contributed by atoms with E-state index in [4.69, 9.17) is 10.4 Å². The van der Waals surface area contributed by atoms with Crippen LogP contribution in [0.4, 0.5) is 0 Å². The van der Waals surface area contributed by atoms with Gasteiger partial charge in [-0.3, -0.25) is 5.41 Å². The molecule has 1 aliphatic rings. The van der Waals surface area contributed by atoms with Crippen LogP contribution in [0, 0.1) is 5.41 Å². The van der Waals surface area contributed by atoms with E-state index < -0.39 is 0 Å². The van der Waals surface area contributed by atoms with Gasteiger partial charge >= 0.3 is 0 Å². The first-order valence-corrected chi connectivity index (χ1v) is 20.3. The van der Waals surface area contributed by atoms with Gasteiger partial charge < -0.3 is 0 Å². The van der Waals surface area contributed by atoms with Crippen molar-refractivity contribution < 1.29 is 0 Å². The minimum atomic E-state index is -0.0314. The number of rotatable bonds is 7. The highest BCUT2D eigenvalue weighted by molar-refractivity contribution is 6.18. The van der Waals surface area contributed by atoms with Crippen molar-refractivity contribution in [3.05, 3.63) is 234 Å². The molecule has 280 valence electrons. The standard InChI is InChI=1S/C57H42N2/c1-57(2)52-21-11-10-19-51(52)55-49(20-12-22-53(55)57)42-28-26-40(27-29-42)48-35-33-41(47-17-8-9-18-50(47)48)34-36-54(59-56(58)44-14-4-3-5-15-44)43-30-23-39(24-31-43)46-32-25-38-13-6-7-16-45(38)37-46/h3-37,58H,1-2H3/b36-34+,58-56?,59-54?. The average Bonchev–Trinajstić information content (AvgIpc) is 3.53. The quantitative estimate of drug-likeness (QED) is 0.124. The largest absolute Gasteiger partial charge is 0.282 e. The lowest BCUT2D eigenvalue weighted by atomic mass is 9.82. The first-order valence-electron chi connectivity index (χ1n) is 20.3. The molecule has 0 saturated carbocycles. The smallest absolute Gasteiger partial charge is 0.152 e. The number of aliphatic imine (C=N–C) groups is 1. The van der Waals surface area contributed by atoms with Gasteiger partial charge in [0.15, 0.2) is 5.84 Å². The fourth-order valence-corrected chi connectivity index (χ4v) is 8.89. The molecule has 0 amide bonds. The molecule has 0 bridgehead atoms. The van der Waals surface area contributed by atoms with Gasteiger partial charge in [0, 0.05) is 16.5 Å². The second-order valence-corrected chi connectivity index (χ2v) is 15.9. The van der Waals surface area contributed by atoms with Gasteiger partial charge in [0.2, 0.25) is 0 Å². The Labute approximate surface area is 346 Å². The van der Waals surface area contributed by atoms with Crippen LogP contribution in [0.5, 0.6) is 0 Å². The van der Waals surface area contributed by atoms with Crippen molar-refractivity contribution in [2.75, 3.05) is 0 Å². The first-order chi connectivity index (χ1) is 28.9. The van der Waals surface area contributed by atoms with Crippen LogP contribution in [0.3, 0.4) is 0 Å². The normalized spacial score (nSPS) is 13.2. The molecule has 0 spiro atoms. The number of nitrogens with one attached hydrogen (secondary N) is 1. The second kappa shape index (κ2) is 14.8. The monoisotopic (exact) mass is 754 g/mol. The van der Waals surface area contributed by atoms with Crippen LogP contribution in [-0.2, 0) is 5.41 Å². The zero-order valence-corrected chi connectivity index (χ0v) is 33.2. The van der Waals surface area contributed by atoms with Crippen molar-refractivity contribution in [1.29, 1.82) is 5.41 Å². The number of hydrogen-bond acceptors (Lipinski definition) is 1. The SMILES string of the molecule is CC1(C)c2ccccc2-c2c(-c3ccc(-c4ccc(/C=C/C(=NC(=N)c5ccccc5)c5ccc(-c6ccc7ccccc7c6)cc5)c5ccccc45)cc3)cccc21. The number of benzene rings is 9. The Morgan fingerprint density at radius 2 is 1.07 bits per heavy atom. The fraction of sp³-hybridized carbons (Fsp3) is 0.0526. The summed E-state index contributed by atoms with van der Waals surface area (Å²) in [5.74, 6) is 0.223. The maximum absolute atomic E-state index is 8.93. The third-order valence-electron chi connectivity index (χ3n) is 12.0. The molecule has 0 heterocycles. The van der Waals surface area contributed by atoms with Crippen molar-refractivity contribution in [1.82, 2.24) is 0 Å². The van der Waals surface area contributed by atoms with E-state index in [0.717, 1.165) is 33.4 Å². The molecule has 0 radical (unpaired) electrons. The molecule has 9 aromatic rings. The lowest BCUT2D eigenvalue weighted by Crippen LogP contribution is -2.14. The van der Waals surface area contributed by atoms with Gasteiger partial charge in [-0.1, -0.05) is 214 Å². The van der Waals surface area contributed by atoms with E-state index in [2.05, 4.69) is 196 Å². The predicted molar refractivity (Wildman–Crippen MR) is 251 cm³/mol. The fourth-order valence-electron chi connectivity index (χ4n) is 8.89. The molecule has 0 saturated heterocycles. The van der Waals surface area contributed by atoms with Crippen molar-refractivity contribution in [3.8, 4) is 44.5 Å². The highest BCUT2D eigenvalue weighted by atomic mass is 14.8. The van der Waals surface area contributed by atoms with Crippen LogP contribution in [-0.4, -0.2) is 11.5 Å². The third-order valence-corrected chi connectivity index (χ3v) is 12.0. The molecular weight excluding hydrogens is 713 g/mol. The summed E-state index contributed by atoms with van der Waals surface area (Å²) in [6, 6.07) is 71.0. The van der Waals surface area contributed by atoms with Gasteiger partial charge in [0.25, 0.3) is 0 Å². The van der Waals surface area contributed by atoms with Gasteiger partial charge in [0.1, 0.15) is 0 Å². The molecule has 0 fully saturated rings. The van der Waals surface area contributed by atoms with Crippen molar-refractivity contribution in [3.63, 3.8) is 0 Å². The Morgan fingerprint density at radius 1 is 0.458 bits per heavy atom. The number of hydrogen-bond donors (Lipinski definition) is 1. The van der Waals surface area contributed by atoms with Gasteiger partial charge in [0.05, 0.1) is 5.71 Å². The highest BCUT2D eigenvalue weighted by Crippen LogP contribution is 2.52. The molecule has 0 unspecified atom stereocenters. The molecule has 0 aliphatic heterocycles. The summed E-state index contributed by atoms with van der Waals surface area (Å²) >= 11 is 0. The van der Waals surface area contributed by atoms with Gasteiger partial charge in [-0.2, -0.15) is 0 Å². The Balaban J connectivity index is 0.986. The third kappa shape index (κ3) is 6.59. The summed E-state index contributed by atoms with van der Waals surface area (Å²) in [7, 11) is 0. The zero-order chi connectivity index (χ0) is 39.9. The number of amidine groups is 1. The minimum absolute atomic E-state index is 0.0314. The molecule has 59 heavy (non-hydrogen) atoms. The van der Waals surface area contributed by atoms with E-state index >= 15 is 0 Å². The lowest BCUT2D eigenvalue weighted by molar-refractivity contribution is 0.660. The van der Waals surface area contributed by atoms with Crippen LogP contribution < -0.4 is 0 Å². The number of fused-ring (bicyclic) bond motifs is 5. The van der Waals surface area contributed by atoms with Crippen LogP contribution >= 0.6 is 0 Å². The van der Waals surface area contributed by atoms with Crippen molar-refractivity contribution in [2.24, 2.45) is 4.99 Å². The lowest BCUT2D eigenvalue weighted by Gasteiger charge is -2.21. The van der Waals surface area contributed by atoms with E-state index in [0.29, 0.717) is 0 Å². The minimum Gasteiger partial charge on any atom is -0.282 e. The van der Waals surface area contributed by atoms with Crippen LogP contribution in [0.1, 0.15) is 41.7 Å². The number of allylic oxidation sites excluding steroid dienone is 1.